The number of aryl methyl sites for hydroxylation is 1. The molecule has 0 atom stereocenters. The summed E-state index contributed by atoms with van der Waals surface area (Å²) in [5, 5.41) is 8.76. The quantitative estimate of drug-likeness (QED) is 0.293. The lowest BCUT2D eigenvalue weighted by atomic mass is 10.1. The van der Waals surface area contributed by atoms with E-state index in [9.17, 15) is 14.0 Å². The number of ether oxygens (including phenoxy) is 3. The van der Waals surface area contributed by atoms with Crippen LogP contribution in [0.1, 0.15) is 18.6 Å². The Bertz CT molecular complexity index is 1530. The Balaban J connectivity index is 1.30. The van der Waals surface area contributed by atoms with Crippen LogP contribution in [-0.2, 0) is 9.59 Å². The van der Waals surface area contributed by atoms with Crippen LogP contribution >= 0.6 is 0 Å². The van der Waals surface area contributed by atoms with Crippen molar-refractivity contribution < 1.29 is 32.7 Å². The van der Waals surface area contributed by atoms with Crippen molar-refractivity contribution in [3.63, 3.8) is 0 Å². The number of anilines is 2. The largest absolute Gasteiger partial charge is 0.493 e. The molecule has 11 nitrogen and oxygen atoms in total. The zero-order valence-corrected chi connectivity index (χ0v) is 20.5. The highest BCUT2D eigenvalue weighted by Gasteiger charge is 2.39. The molecule has 1 aliphatic carbocycles. The summed E-state index contributed by atoms with van der Waals surface area (Å²) in [6.07, 6.45) is 3.34. The Kier molecular flexibility index (Phi) is 6.55. The summed E-state index contributed by atoms with van der Waals surface area (Å²) in [5.74, 6) is -1.03. The maximum Gasteiger partial charge on any atom is 0.315 e. The zero-order valence-electron chi connectivity index (χ0n) is 20.5. The van der Waals surface area contributed by atoms with Gasteiger partial charge in [0.2, 0.25) is 0 Å². The molecule has 1 aliphatic rings. The lowest BCUT2D eigenvalue weighted by Gasteiger charge is -2.16. The number of nitrogens with two attached hydrogens (primary N) is 1. The molecule has 0 aliphatic heterocycles. The van der Waals surface area contributed by atoms with Gasteiger partial charge in [0.05, 0.1) is 18.2 Å². The average molecular weight is 522 g/mol. The minimum absolute atomic E-state index is 0.0581. The van der Waals surface area contributed by atoms with E-state index in [1.807, 2.05) is 0 Å². The molecule has 12 heteroatoms. The van der Waals surface area contributed by atoms with Gasteiger partial charge in [-0.15, -0.1) is 0 Å². The van der Waals surface area contributed by atoms with Gasteiger partial charge < -0.3 is 29.8 Å². The molecule has 1 saturated carbocycles. The van der Waals surface area contributed by atoms with Gasteiger partial charge in [-0.05, 0) is 44.0 Å². The third-order valence-electron chi connectivity index (χ3n) is 5.88. The summed E-state index contributed by atoms with van der Waals surface area (Å²) >= 11 is 0. The number of benzene rings is 2. The standard InChI is InChI=1S/C26H24FN5O6/c1-14-9-23(32-38-14)31-25(34)24(33)30-15-3-4-20(17(27)10-15)37-19-5-8-29-18-12-22(21(35-2)11-16(18)19)36-13-26(28)6-7-26/h3-5,8-12H,6-7,13,28H2,1-2H3,(H,30,33)(H,31,32,34). The van der Waals surface area contributed by atoms with Gasteiger partial charge in [-0.3, -0.25) is 19.9 Å². The van der Waals surface area contributed by atoms with Crippen molar-refractivity contribution in [2.24, 2.45) is 5.73 Å². The molecule has 4 aromatic rings. The van der Waals surface area contributed by atoms with Gasteiger partial charge in [0.15, 0.2) is 28.9 Å². The number of fused-ring (bicyclic) bond motifs is 1. The van der Waals surface area contributed by atoms with Gasteiger partial charge in [-0.2, -0.15) is 0 Å². The van der Waals surface area contributed by atoms with E-state index in [1.165, 1.54) is 31.5 Å². The molecule has 1 fully saturated rings. The summed E-state index contributed by atoms with van der Waals surface area (Å²) in [6, 6.07) is 10.2. The Labute approximate surface area is 216 Å². The van der Waals surface area contributed by atoms with Gasteiger partial charge in [-0.25, -0.2) is 4.39 Å². The van der Waals surface area contributed by atoms with Crippen LogP contribution in [0.4, 0.5) is 15.9 Å². The van der Waals surface area contributed by atoms with Crippen molar-refractivity contribution in [1.82, 2.24) is 10.1 Å². The van der Waals surface area contributed by atoms with Crippen LogP contribution in [0.2, 0.25) is 0 Å². The smallest absolute Gasteiger partial charge is 0.315 e. The third kappa shape index (κ3) is 5.49. The fourth-order valence-corrected chi connectivity index (χ4v) is 3.58. The second kappa shape index (κ2) is 9.98. The van der Waals surface area contributed by atoms with Crippen molar-refractivity contribution in [2.75, 3.05) is 24.4 Å². The molecule has 0 spiro atoms. The van der Waals surface area contributed by atoms with E-state index in [0.29, 0.717) is 40.5 Å². The molecule has 0 unspecified atom stereocenters. The van der Waals surface area contributed by atoms with Crippen molar-refractivity contribution in [3.8, 4) is 23.0 Å². The maximum atomic E-state index is 14.9. The molecular formula is C26H24FN5O6. The fraction of sp³-hybridized carbons (Fsp3) is 0.231. The molecule has 4 N–H and O–H groups in total. The number of carbonyl (C=O) groups excluding carboxylic acids is 2. The van der Waals surface area contributed by atoms with E-state index in [-0.39, 0.29) is 22.8 Å². The third-order valence-corrected chi connectivity index (χ3v) is 5.88. The summed E-state index contributed by atoms with van der Waals surface area (Å²) in [4.78, 5) is 28.6. The Hall–Kier alpha value is -4.71. The number of methoxy groups -OCH3 is 1. The Morgan fingerprint density at radius 1 is 1.05 bits per heavy atom. The number of pyridine rings is 1. The molecule has 0 bridgehead atoms. The van der Waals surface area contributed by atoms with Crippen molar-refractivity contribution in [1.29, 1.82) is 0 Å². The predicted octanol–water partition coefficient (Wildman–Crippen LogP) is 3.92. The number of nitrogens with zero attached hydrogens (tertiary/aromatic N) is 2. The molecule has 2 aromatic carbocycles. The summed E-state index contributed by atoms with van der Waals surface area (Å²) in [5.41, 5.74) is 6.43. The number of aromatic nitrogens is 2. The number of hydrogen-bond donors (Lipinski definition) is 3. The van der Waals surface area contributed by atoms with Crippen LogP contribution in [0.15, 0.2) is 53.2 Å². The van der Waals surface area contributed by atoms with Crippen LogP contribution in [-0.4, -0.2) is 41.2 Å². The van der Waals surface area contributed by atoms with E-state index < -0.39 is 17.6 Å². The first-order valence-corrected chi connectivity index (χ1v) is 11.6. The van der Waals surface area contributed by atoms with Gasteiger partial charge in [-0.1, -0.05) is 5.16 Å². The number of nitrogens with one attached hydrogen (secondary N) is 2. The normalized spacial score (nSPS) is 13.6. The summed E-state index contributed by atoms with van der Waals surface area (Å²) in [6.45, 7) is 2.00. The van der Waals surface area contributed by atoms with Crippen LogP contribution in [0.25, 0.3) is 10.9 Å². The minimum Gasteiger partial charge on any atom is -0.493 e. The number of halogens is 1. The summed E-state index contributed by atoms with van der Waals surface area (Å²) in [7, 11) is 1.51. The van der Waals surface area contributed by atoms with Crippen LogP contribution in [0.5, 0.6) is 23.0 Å². The van der Waals surface area contributed by atoms with Gasteiger partial charge in [0, 0.05) is 35.5 Å². The molecule has 38 heavy (non-hydrogen) atoms. The molecule has 0 saturated heterocycles. The zero-order chi connectivity index (χ0) is 26.9. The number of amides is 2. The first-order valence-electron chi connectivity index (χ1n) is 11.6. The highest BCUT2D eigenvalue weighted by Crippen LogP contribution is 2.39. The topological polar surface area (TPSA) is 151 Å². The number of hydrogen-bond acceptors (Lipinski definition) is 9. The lowest BCUT2D eigenvalue weighted by Crippen LogP contribution is -2.29. The van der Waals surface area contributed by atoms with Crippen LogP contribution in [0.3, 0.4) is 0 Å². The van der Waals surface area contributed by atoms with Crippen molar-refractivity contribution >= 4 is 34.2 Å². The van der Waals surface area contributed by atoms with Gasteiger partial charge in [0.25, 0.3) is 0 Å². The van der Waals surface area contributed by atoms with Crippen molar-refractivity contribution in [3.05, 3.63) is 60.2 Å². The highest BCUT2D eigenvalue weighted by atomic mass is 19.1. The first-order chi connectivity index (χ1) is 18.2. The predicted molar refractivity (Wildman–Crippen MR) is 135 cm³/mol. The van der Waals surface area contributed by atoms with Crippen LogP contribution < -0.4 is 30.6 Å². The first kappa shape index (κ1) is 25.0. The SMILES string of the molecule is COc1cc2c(Oc3ccc(NC(=O)C(=O)Nc4cc(C)on4)cc3F)ccnc2cc1OCC1(N)CC1. The van der Waals surface area contributed by atoms with E-state index in [0.717, 1.165) is 18.9 Å². The molecule has 196 valence electrons. The van der Waals surface area contributed by atoms with Crippen molar-refractivity contribution in [2.45, 2.75) is 25.3 Å². The second-order valence-electron chi connectivity index (χ2n) is 8.96. The average Bonchev–Trinajstić information content (AvgIpc) is 3.50. The molecule has 2 amide bonds. The van der Waals surface area contributed by atoms with E-state index in [2.05, 4.69) is 20.8 Å². The summed E-state index contributed by atoms with van der Waals surface area (Å²) < 4.78 is 36.9. The number of carbonyl (C=O) groups is 2. The molecule has 2 heterocycles. The van der Waals surface area contributed by atoms with Crippen LogP contribution in [0, 0.1) is 12.7 Å². The van der Waals surface area contributed by atoms with E-state index in [4.69, 9.17) is 24.5 Å². The molecular weight excluding hydrogens is 497 g/mol. The monoisotopic (exact) mass is 521 g/mol. The maximum absolute atomic E-state index is 14.9. The minimum atomic E-state index is -1.01. The lowest BCUT2D eigenvalue weighted by molar-refractivity contribution is -0.133. The van der Waals surface area contributed by atoms with Gasteiger partial charge >= 0.3 is 11.8 Å². The van der Waals surface area contributed by atoms with Gasteiger partial charge in [0.1, 0.15) is 18.1 Å². The number of rotatable bonds is 8. The fourth-order valence-electron chi connectivity index (χ4n) is 3.58. The molecule has 2 aromatic heterocycles. The van der Waals surface area contributed by atoms with E-state index in [1.54, 1.807) is 25.1 Å². The molecule has 5 rings (SSSR count). The van der Waals surface area contributed by atoms with E-state index >= 15 is 0 Å². The Morgan fingerprint density at radius 2 is 1.84 bits per heavy atom. The second-order valence-corrected chi connectivity index (χ2v) is 8.96. The Morgan fingerprint density at radius 3 is 2.53 bits per heavy atom. The molecule has 0 radical (unpaired) electrons. The highest BCUT2D eigenvalue weighted by molar-refractivity contribution is 6.43.